The molecule has 1 aliphatic heterocycles. The van der Waals surface area contributed by atoms with Crippen molar-refractivity contribution in [2.45, 2.75) is 109 Å². The highest BCUT2D eigenvalue weighted by Gasteiger charge is 2.38. The van der Waals surface area contributed by atoms with Crippen LogP contribution >= 0.6 is 0 Å². The van der Waals surface area contributed by atoms with Gasteiger partial charge in [-0.15, -0.1) is 0 Å². The highest BCUT2D eigenvalue weighted by atomic mass is 16.5. The smallest absolute Gasteiger partial charge is 0.305 e. The van der Waals surface area contributed by atoms with E-state index in [1.165, 1.54) is 0 Å². The molecule has 1 heterocycles. The van der Waals surface area contributed by atoms with Crippen molar-refractivity contribution < 1.29 is 24.2 Å². The third kappa shape index (κ3) is 9.18. The molecule has 2 unspecified atom stereocenters. The van der Waals surface area contributed by atoms with Crippen LogP contribution in [0.2, 0.25) is 0 Å². The summed E-state index contributed by atoms with van der Waals surface area (Å²) >= 11 is 0. The Kier molecular flexibility index (Phi) is 11.4. The Morgan fingerprint density at radius 2 is 1.82 bits per heavy atom. The van der Waals surface area contributed by atoms with E-state index in [2.05, 4.69) is 6.92 Å². The van der Waals surface area contributed by atoms with Crippen molar-refractivity contribution in [2.24, 2.45) is 0 Å². The molecule has 1 fully saturated rings. The van der Waals surface area contributed by atoms with Gasteiger partial charge in [-0.25, -0.2) is 0 Å². The first-order valence-corrected chi connectivity index (χ1v) is 11.0. The number of rotatable bonds is 15. The minimum Gasteiger partial charge on any atom is -0.466 e. The Balaban J connectivity index is 2.35. The quantitative estimate of drug-likeness (QED) is 0.258. The second-order valence-corrected chi connectivity index (χ2v) is 8.21. The fourth-order valence-electron chi connectivity index (χ4n) is 3.75. The minimum absolute atomic E-state index is 0.00199. The number of Topliss-reactive ketones (excluding diaryl/α,β-unsaturated/α-hetero) is 1. The van der Waals surface area contributed by atoms with Gasteiger partial charge >= 0.3 is 5.97 Å². The van der Waals surface area contributed by atoms with Crippen LogP contribution in [0.4, 0.5) is 0 Å². The average Bonchev–Trinajstić information content (AvgIpc) is 2.89. The number of amides is 1. The van der Waals surface area contributed by atoms with E-state index in [0.717, 1.165) is 51.4 Å². The number of aliphatic hydroxyl groups is 1. The Morgan fingerprint density at radius 3 is 2.50 bits per heavy atom. The second kappa shape index (κ2) is 12.9. The standard InChI is InChI=1S/C22H39NO5/c1-4-6-11-14-22(3,27)15-16-23-18(19(24)17-20(23)25)12-9-7-8-10-13-21(26)28-5-2/h18,27H,4-17H2,1-3H3. The number of nitrogens with zero attached hydrogens (tertiary/aromatic N) is 1. The summed E-state index contributed by atoms with van der Waals surface area (Å²) in [7, 11) is 0. The van der Waals surface area contributed by atoms with Crippen molar-refractivity contribution in [3.05, 3.63) is 0 Å². The maximum absolute atomic E-state index is 12.2. The van der Waals surface area contributed by atoms with Gasteiger partial charge in [0.2, 0.25) is 5.91 Å². The highest BCUT2D eigenvalue weighted by Crippen LogP contribution is 2.25. The lowest BCUT2D eigenvalue weighted by Crippen LogP contribution is -2.39. The minimum atomic E-state index is -0.793. The molecular weight excluding hydrogens is 358 g/mol. The van der Waals surface area contributed by atoms with Crippen molar-refractivity contribution in [3.8, 4) is 0 Å². The summed E-state index contributed by atoms with van der Waals surface area (Å²) < 4.78 is 4.91. The topological polar surface area (TPSA) is 83.9 Å². The second-order valence-electron chi connectivity index (χ2n) is 8.21. The Hall–Kier alpha value is -1.43. The average molecular weight is 398 g/mol. The summed E-state index contributed by atoms with van der Waals surface area (Å²) in [4.78, 5) is 37.4. The molecular formula is C22H39NO5. The number of hydrogen-bond donors (Lipinski definition) is 1. The number of likely N-dealkylation sites (tertiary alicyclic amines) is 1. The zero-order valence-corrected chi connectivity index (χ0v) is 18.0. The zero-order valence-electron chi connectivity index (χ0n) is 18.0. The molecule has 6 nitrogen and oxygen atoms in total. The first-order chi connectivity index (χ1) is 13.3. The predicted octanol–water partition coefficient (Wildman–Crippen LogP) is 3.78. The molecule has 0 aromatic carbocycles. The summed E-state index contributed by atoms with van der Waals surface area (Å²) in [6.07, 6.45) is 9.00. The molecule has 28 heavy (non-hydrogen) atoms. The van der Waals surface area contributed by atoms with Gasteiger partial charge in [-0.05, 0) is 39.5 Å². The normalized spacial score (nSPS) is 19.1. The number of ether oxygens (including phenoxy) is 1. The molecule has 162 valence electrons. The van der Waals surface area contributed by atoms with Gasteiger partial charge in [0.1, 0.15) is 0 Å². The van der Waals surface area contributed by atoms with E-state index < -0.39 is 5.60 Å². The molecule has 1 aliphatic rings. The van der Waals surface area contributed by atoms with Gasteiger partial charge in [0.05, 0.1) is 24.7 Å². The van der Waals surface area contributed by atoms with E-state index in [0.29, 0.717) is 32.4 Å². The Labute approximate surface area is 170 Å². The summed E-state index contributed by atoms with van der Waals surface area (Å²) in [5.41, 5.74) is -0.793. The number of carbonyl (C=O) groups is 3. The van der Waals surface area contributed by atoms with E-state index in [-0.39, 0.29) is 30.1 Å². The van der Waals surface area contributed by atoms with Gasteiger partial charge in [-0.2, -0.15) is 0 Å². The van der Waals surface area contributed by atoms with E-state index >= 15 is 0 Å². The lowest BCUT2D eigenvalue weighted by Gasteiger charge is -2.29. The van der Waals surface area contributed by atoms with Gasteiger partial charge < -0.3 is 14.7 Å². The zero-order chi connectivity index (χ0) is 21.0. The molecule has 0 aliphatic carbocycles. The Morgan fingerprint density at radius 1 is 1.11 bits per heavy atom. The van der Waals surface area contributed by atoms with Crippen molar-refractivity contribution in [3.63, 3.8) is 0 Å². The molecule has 0 saturated carbocycles. The lowest BCUT2D eigenvalue weighted by molar-refractivity contribution is -0.143. The SMILES string of the molecule is CCCCCC(C)(O)CCN1C(=O)CC(=O)C1CCCCCCC(=O)OCC. The van der Waals surface area contributed by atoms with Crippen LogP contribution in [0.3, 0.4) is 0 Å². The van der Waals surface area contributed by atoms with E-state index in [1.54, 1.807) is 11.8 Å². The van der Waals surface area contributed by atoms with Gasteiger partial charge in [0.25, 0.3) is 0 Å². The summed E-state index contributed by atoms with van der Waals surface area (Å²) in [6, 6.07) is -0.344. The first kappa shape index (κ1) is 24.6. The van der Waals surface area contributed by atoms with Gasteiger partial charge in [0, 0.05) is 13.0 Å². The van der Waals surface area contributed by atoms with E-state index in [9.17, 15) is 19.5 Å². The molecule has 1 amide bonds. The van der Waals surface area contributed by atoms with Crippen LogP contribution in [-0.2, 0) is 19.1 Å². The highest BCUT2D eigenvalue weighted by molar-refractivity contribution is 6.07. The molecule has 2 atom stereocenters. The molecule has 0 spiro atoms. The van der Waals surface area contributed by atoms with Crippen molar-refractivity contribution in [1.29, 1.82) is 0 Å². The van der Waals surface area contributed by atoms with Gasteiger partial charge in [-0.1, -0.05) is 45.4 Å². The molecule has 1 saturated heterocycles. The third-order valence-electron chi connectivity index (χ3n) is 5.52. The van der Waals surface area contributed by atoms with Crippen molar-refractivity contribution in [2.75, 3.05) is 13.2 Å². The number of hydrogen-bond acceptors (Lipinski definition) is 5. The summed E-state index contributed by atoms with van der Waals surface area (Å²) in [5.74, 6) is -0.264. The maximum Gasteiger partial charge on any atom is 0.305 e. The third-order valence-corrected chi connectivity index (χ3v) is 5.52. The summed E-state index contributed by atoms with van der Waals surface area (Å²) in [6.45, 7) is 6.61. The molecule has 1 N–H and O–H groups in total. The molecule has 6 heteroatoms. The maximum atomic E-state index is 12.2. The van der Waals surface area contributed by atoms with Crippen LogP contribution in [0.5, 0.6) is 0 Å². The monoisotopic (exact) mass is 397 g/mol. The fourth-order valence-corrected chi connectivity index (χ4v) is 3.75. The molecule has 0 radical (unpaired) electrons. The first-order valence-electron chi connectivity index (χ1n) is 11.0. The van der Waals surface area contributed by atoms with Gasteiger partial charge in [-0.3, -0.25) is 14.4 Å². The number of esters is 1. The number of unbranched alkanes of at least 4 members (excludes halogenated alkanes) is 5. The number of ketones is 1. The van der Waals surface area contributed by atoms with Crippen LogP contribution in [-0.4, -0.2) is 52.5 Å². The predicted molar refractivity (Wildman–Crippen MR) is 109 cm³/mol. The van der Waals surface area contributed by atoms with Crippen LogP contribution < -0.4 is 0 Å². The Bertz CT molecular complexity index is 503. The van der Waals surface area contributed by atoms with Crippen molar-refractivity contribution >= 4 is 17.7 Å². The van der Waals surface area contributed by atoms with Crippen molar-refractivity contribution in [1.82, 2.24) is 4.90 Å². The molecule has 0 aromatic heterocycles. The van der Waals surface area contributed by atoms with Crippen LogP contribution in [0.15, 0.2) is 0 Å². The lowest BCUT2D eigenvalue weighted by atomic mass is 9.94. The summed E-state index contributed by atoms with van der Waals surface area (Å²) in [5, 5.41) is 10.5. The van der Waals surface area contributed by atoms with E-state index in [4.69, 9.17) is 4.74 Å². The molecule has 1 rings (SSSR count). The van der Waals surface area contributed by atoms with Gasteiger partial charge in [0.15, 0.2) is 5.78 Å². The molecule has 0 aromatic rings. The number of carbonyl (C=O) groups excluding carboxylic acids is 3. The largest absolute Gasteiger partial charge is 0.466 e. The fraction of sp³-hybridized carbons (Fsp3) is 0.864. The van der Waals surface area contributed by atoms with Crippen LogP contribution in [0.1, 0.15) is 97.8 Å². The molecule has 0 bridgehead atoms. The van der Waals surface area contributed by atoms with E-state index in [1.807, 2.05) is 6.92 Å². The van der Waals surface area contributed by atoms with Crippen LogP contribution in [0.25, 0.3) is 0 Å². The van der Waals surface area contributed by atoms with Crippen LogP contribution in [0, 0.1) is 0 Å².